The van der Waals surface area contributed by atoms with Crippen molar-refractivity contribution in [3.05, 3.63) is 11.1 Å². The summed E-state index contributed by atoms with van der Waals surface area (Å²) in [5.41, 5.74) is 0.290. The van der Waals surface area contributed by atoms with Crippen molar-refractivity contribution < 1.29 is 18.3 Å². The van der Waals surface area contributed by atoms with E-state index in [4.69, 9.17) is 5.11 Å². The second-order valence-electron chi connectivity index (χ2n) is 3.74. The van der Waals surface area contributed by atoms with Crippen LogP contribution in [0.2, 0.25) is 0 Å². The maximum atomic E-state index is 11.8. The molecule has 0 aliphatic heterocycles. The Kier molecular flexibility index (Phi) is 4.61. The standard InChI is InChI=1S/C9H14N2O4S2/c1-6(2)10-8(13)5-17(14,15)9-11-7(3-12)4-16-9/h4,6,12H,3,5H2,1-2H3,(H,10,13). The van der Waals surface area contributed by atoms with Crippen molar-refractivity contribution in [2.45, 2.75) is 30.8 Å². The Balaban J connectivity index is 2.78. The zero-order valence-corrected chi connectivity index (χ0v) is 11.1. The Hall–Kier alpha value is -0.990. The molecule has 0 aromatic carbocycles. The van der Waals surface area contributed by atoms with Gasteiger partial charge in [-0.2, -0.15) is 0 Å². The summed E-state index contributed by atoms with van der Waals surface area (Å²) in [6.45, 7) is 3.18. The summed E-state index contributed by atoms with van der Waals surface area (Å²) in [5.74, 6) is -1.18. The van der Waals surface area contributed by atoms with Gasteiger partial charge in [0.25, 0.3) is 0 Å². The number of nitrogens with one attached hydrogen (secondary N) is 1. The van der Waals surface area contributed by atoms with Crippen LogP contribution in [0.1, 0.15) is 19.5 Å². The van der Waals surface area contributed by atoms with E-state index >= 15 is 0 Å². The molecule has 0 atom stereocenters. The van der Waals surface area contributed by atoms with E-state index in [1.54, 1.807) is 13.8 Å². The molecule has 0 saturated carbocycles. The number of thiazole rings is 1. The predicted octanol–water partition coefficient (Wildman–Crippen LogP) is -0.0663. The van der Waals surface area contributed by atoms with E-state index in [-0.39, 0.29) is 22.7 Å². The molecule has 0 bridgehead atoms. The molecule has 8 heteroatoms. The molecule has 6 nitrogen and oxygen atoms in total. The highest BCUT2D eigenvalue weighted by atomic mass is 32.2. The van der Waals surface area contributed by atoms with Gasteiger partial charge in [0.15, 0.2) is 0 Å². The van der Waals surface area contributed by atoms with Gasteiger partial charge >= 0.3 is 0 Å². The first kappa shape index (κ1) is 14.1. The number of carbonyl (C=O) groups excluding carboxylic acids is 1. The van der Waals surface area contributed by atoms with Gasteiger partial charge in [-0.05, 0) is 13.8 Å². The summed E-state index contributed by atoms with van der Waals surface area (Å²) in [4.78, 5) is 15.1. The molecule has 1 aromatic rings. The molecule has 1 amide bonds. The number of aliphatic hydroxyl groups is 1. The third kappa shape index (κ3) is 4.06. The van der Waals surface area contributed by atoms with E-state index in [1.165, 1.54) is 5.38 Å². The number of amides is 1. The van der Waals surface area contributed by atoms with Crippen LogP contribution in [0.25, 0.3) is 0 Å². The third-order valence-electron chi connectivity index (χ3n) is 1.73. The molecule has 0 aliphatic carbocycles. The van der Waals surface area contributed by atoms with E-state index in [0.717, 1.165) is 11.3 Å². The van der Waals surface area contributed by atoms with Gasteiger partial charge in [-0.25, -0.2) is 13.4 Å². The van der Waals surface area contributed by atoms with Crippen LogP contribution in [0, 0.1) is 0 Å². The molecule has 0 unspecified atom stereocenters. The Bertz CT molecular complexity index is 493. The summed E-state index contributed by atoms with van der Waals surface area (Å²) in [7, 11) is -3.71. The number of carbonyl (C=O) groups is 1. The highest BCUT2D eigenvalue weighted by Gasteiger charge is 2.23. The molecular weight excluding hydrogens is 264 g/mol. The number of sulfone groups is 1. The predicted molar refractivity (Wildman–Crippen MR) is 63.4 cm³/mol. The van der Waals surface area contributed by atoms with Gasteiger partial charge in [-0.3, -0.25) is 4.79 Å². The molecule has 0 radical (unpaired) electrons. The van der Waals surface area contributed by atoms with Crippen LogP contribution in [0.15, 0.2) is 9.72 Å². The minimum atomic E-state index is -3.71. The third-order valence-corrected chi connectivity index (χ3v) is 4.73. The SMILES string of the molecule is CC(C)NC(=O)CS(=O)(=O)c1nc(CO)cs1. The van der Waals surface area contributed by atoms with Crippen molar-refractivity contribution in [2.24, 2.45) is 0 Å². The van der Waals surface area contributed by atoms with Crippen molar-refractivity contribution in [3.63, 3.8) is 0 Å². The Labute approximate surface area is 104 Å². The van der Waals surface area contributed by atoms with Crippen LogP contribution in [0.3, 0.4) is 0 Å². The first-order valence-electron chi connectivity index (χ1n) is 4.92. The van der Waals surface area contributed by atoms with Gasteiger partial charge in [0.1, 0.15) is 5.75 Å². The fourth-order valence-corrected chi connectivity index (χ4v) is 3.35. The first-order chi connectivity index (χ1) is 7.85. The lowest BCUT2D eigenvalue weighted by atomic mass is 10.4. The quantitative estimate of drug-likeness (QED) is 0.786. The Morgan fingerprint density at radius 2 is 2.24 bits per heavy atom. The van der Waals surface area contributed by atoms with Crippen molar-refractivity contribution in [3.8, 4) is 0 Å². The minimum absolute atomic E-state index is 0.109. The molecule has 1 rings (SSSR count). The minimum Gasteiger partial charge on any atom is -0.390 e. The fraction of sp³-hybridized carbons (Fsp3) is 0.556. The molecule has 1 aromatic heterocycles. The van der Waals surface area contributed by atoms with Crippen molar-refractivity contribution >= 4 is 27.1 Å². The lowest BCUT2D eigenvalue weighted by molar-refractivity contribution is -0.119. The van der Waals surface area contributed by atoms with E-state index in [1.807, 2.05) is 0 Å². The number of nitrogens with zero attached hydrogens (tertiary/aromatic N) is 1. The average molecular weight is 278 g/mol. The summed E-state index contributed by atoms with van der Waals surface area (Å²) >= 11 is 0.903. The molecule has 0 spiro atoms. The highest BCUT2D eigenvalue weighted by Crippen LogP contribution is 2.17. The number of hydrogen-bond donors (Lipinski definition) is 2. The van der Waals surface area contributed by atoms with Gasteiger partial charge in [-0.15, -0.1) is 11.3 Å². The Morgan fingerprint density at radius 3 is 2.71 bits per heavy atom. The van der Waals surface area contributed by atoms with Gasteiger partial charge in [0.05, 0.1) is 12.3 Å². The molecule has 0 fully saturated rings. The van der Waals surface area contributed by atoms with E-state index in [0.29, 0.717) is 0 Å². The van der Waals surface area contributed by atoms with Crippen LogP contribution in [-0.2, 0) is 21.2 Å². The summed E-state index contributed by atoms with van der Waals surface area (Å²) < 4.78 is 23.4. The number of rotatable bonds is 5. The molecule has 96 valence electrons. The number of aliphatic hydroxyl groups excluding tert-OH is 1. The van der Waals surface area contributed by atoms with Crippen molar-refractivity contribution in [1.82, 2.24) is 10.3 Å². The normalized spacial score (nSPS) is 11.8. The molecule has 1 heterocycles. The fourth-order valence-electron chi connectivity index (χ4n) is 1.10. The van der Waals surface area contributed by atoms with E-state index < -0.39 is 21.5 Å². The van der Waals surface area contributed by atoms with Crippen LogP contribution in [0.5, 0.6) is 0 Å². The van der Waals surface area contributed by atoms with E-state index in [2.05, 4.69) is 10.3 Å². The summed E-state index contributed by atoms with van der Waals surface area (Å²) in [5, 5.41) is 12.7. The molecule has 0 saturated heterocycles. The number of aromatic nitrogens is 1. The first-order valence-corrected chi connectivity index (χ1v) is 7.45. The monoisotopic (exact) mass is 278 g/mol. The molecule has 17 heavy (non-hydrogen) atoms. The van der Waals surface area contributed by atoms with Crippen LogP contribution < -0.4 is 5.32 Å². The Morgan fingerprint density at radius 1 is 1.59 bits per heavy atom. The zero-order chi connectivity index (χ0) is 13.1. The lowest BCUT2D eigenvalue weighted by Crippen LogP contribution is -2.35. The van der Waals surface area contributed by atoms with Gasteiger partial charge < -0.3 is 10.4 Å². The maximum Gasteiger partial charge on any atom is 0.235 e. The highest BCUT2D eigenvalue weighted by molar-refractivity contribution is 7.93. The van der Waals surface area contributed by atoms with Crippen LogP contribution >= 0.6 is 11.3 Å². The second-order valence-corrected chi connectivity index (χ2v) is 6.77. The summed E-state index contributed by atoms with van der Waals surface area (Å²) in [6.07, 6.45) is 0. The molecule has 0 aliphatic rings. The maximum absolute atomic E-state index is 11.8. The topological polar surface area (TPSA) is 96.4 Å². The van der Waals surface area contributed by atoms with Gasteiger partial charge in [0, 0.05) is 11.4 Å². The van der Waals surface area contributed by atoms with Gasteiger partial charge in [-0.1, -0.05) is 0 Å². The van der Waals surface area contributed by atoms with Crippen LogP contribution in [-0.4, -0.2) is 36.2 Å². The summed E-state index contributed by atoms with van der Waals surface area (Å²) in [6, 6.07) is -0.109. The van der Waals surface area contributed by atoms with Gasteiger partial charge in [0.2, 0.25) is 20.1 Å². The van der Waals surface area contributed by atoms with E-state index in [9.17, 15) is 13.2 Å². The largest absolute Gasteiger partial charge is 0.390 e. The average Bonchev–Trinajstić information content (AvgIpc) is 2.63. The second kappa shape index (κ2) is 5.56. The van der Waals surface area contributed by atoms with Crippen LogP contribution in [0.4, 0.5) is 0 Å². The number of hydrogen-bond acceptors (Lipinski definition) is 6. The zero-order valence-electron chi connectivity index (χ0n) is 9.50. The smallest absolute Gasteiger partial charge is 0.235 e. The molecular formula is C9H14N2O4S2. The molecule has 2 N–H and O–H groups in total. The lowest BCUT2D eigenvalue weighted by Gasteiger charge is -2.07. The van der Waals surface area contributed by atoms with Crippen molar-refractivity contribution in [2.75, 3.05) is 5.75 Å². The van der Waals surface area contributed by atoms with Crippen molar-refractivity contribution in [1.29, 1.82) is 0 Å².